The molecule has 0 aliphatic carbocycles. The number of benzene rings is 2. The molecule has 31 heavy (non-hydrogen) atoms. The van der Waals surface area contributed by atoms with E-state index < -0.39 is 11.9 Å². The Kier molecular flexibility index (Phi) is 6.19. The number of rotatable bonds is 5. The van der Waals surface area contributed by atoms with E-state index in [4.69, 9.17) is 21.3 Å². The Morgan fingerprint density at radius 2 is 1.68 bits per heavy atom. The first-order valence-electron chi connectivity index (χ1n) is 10.2. The topological polar surface area (TPSA) is 82.3 Å². The molecule has 0 spiro atoms. The molecule has 3 aromatic rings. The van der Waals surface area contributed by atoms with Crippen LogP contribution in [0.2, 0.25) is 5.02 Å². The number of ether oxygens (including phenoxy) is 1. The first-order valence-corrected chi connectivity index (χ1v) is 10.6. The van der Waals surface area contributed by atoms with Crippen LogP contribution in [-0.2, 0) is 9.53 Å². The summed E-state index contributed by atoms with van der Waals surface area (Å²) < 4.78 is 5.12. The minimum atomic E-state index is -1.13. The van der Waals surface area contributed by atoms with Crippen LogP contribution in [0.5, 0.6) is 0 Å². The van der Waals surface area contributed by atoms with E-state index in [-0.39, 0.29) is 6.61 Å². The van der Waals surface area contributed by atoms with Gasteiger partial charge < -0.3 is 14.5 Å². The Balaban J connectivity index is 1.67. The Morgan fingerprint density at radius 1 is 1.06 bits per heavy atom. The fraction of sp³-hybridized carbons (Fsp3) is 0.304. The van der Waals surface area contributed by atoms with Crippen LogP contribution in [0, 0.1) is 11.3 Å². The fourth-order valence-corrected chi connectivity index (χ4v) is 4.00. The Bertz CT molecular complexity index is 1140. The van der Waals surface area contributed by atoms with E-state index in [1.165, 1.54) is 0 Å². The van der Waals surface area contributed by atoms with Crippen molar-refractivity contribution in [2.24, 2.45) is 0 Å². The van der Waals surface area contributed by atoms with Gasteiger partial charge in [0.2, 0.25) is 0 Å². The van der Waals surface area contributed by atoms with Gasteiger partial charge in [-0.15, -0.1) is 0 Å². The van der Waals surface area contributed by atoms with Crippen molar-refractivity contribution in [2.45, 2.75) is 12.8 Å². The number of anilines is 2. The molecule has 8 heteroatoms. The van der Waals surface area contributed by atoms with Crippen molar-refractivity contribution < 1.29 is 9.53 Å². The number of hydrogen-bond donors (Lipinski definition) is 0. The molecule has 0 saturated carbocycles. The maximum absolute atomic E-state index is 12.5. The average Bonchev–Trinajstić information content (AvgIpc) is 2.80. The molecule has 0 radical (unpaired) electrons. The van der Waals surface area contributed by atoms with Gasteiger partial charge >= 0.3 is 5.97 Å². The predicted octanol–water partition coefficient (Wildman–Crippen LogP) is 3.78. The highest BCUT2D eigenvalue weighted by molar-refractivity contribution is 6.33. The van der Waals surface area contributed by atoms with Crippen LogP contribution in [0.25, 0.3) is 11.0 Å². The summed E-state index contributed by atoms with van der Waals surface area (Å²) in [5.41, 5.74) is 2.69. The van der Waals surface area contributed by atoms with Crippen LogP contribution in [-0.4, -0.2) is 48.7 Å². The summed E-state index contributed by atoms with van der Waals surface area (Å²) in [7, 11) is 0. The number of esters is 1. The number of nitriles is 1. The van der Waals surface area contributed by atoms with Gasteiger partial charge in [0.1, 0.15) is 5.69 Å². The minimum absolute atomic E-state index is 0.198. The van der Waals surface area contributed by atoms with Crippen LogP contribution in [0.1, 0.15) is 18.5 Å². The van der Waals surface area contributed by atoms with Gasteiger partial charge in [-0.1, -0.05) is 35.9 Å². The zero-order valence-electron chi connectivity index (χ0n) is 17.2. The second-order valence-electron chi connectivity index (χ2n) is 7.16. The summed E-state index contributed by atoms with van der Waals surface area (Å²) >= 11 is 6.36. The summed E-state index contributed by atoms with van der Waals surface area (Å²) in [5.74, 6) is -1.18. The molecule has 158 valence electrons. The highest BCUT2D eigenvalue weighted by atomic mass is 35.5. The Hall–Kier alpha value is -3.37. The van der Waals surface area contributed by atoms with Gasteiger partial charge in [-0.3, -0.25) is 4.79 Å². The molecule has 0 bridgehead atoms. The van der Waals surface area contributed by atoms with Crippen molar-refractivity contribution in [2.75, 3.05) is 42.6 Å². The fourth-order valence-electron chi connectivity index (χ4n) is 3.75. The lowest BCUT2D eigenvalue weighted by Crippen LogP contribution is -2.47. The molecule has 2 aromatic carbocycles. The number of para-hydroxylation sites is 3. The number of carbonyl (C=O) groups is 1. The first kappa shape index (κ1) is 20.9. The number of fused-ring (bicyclic) bond motifs is 1. The van der Waals surface area contributed by atoms with Crippen LogP contribution in [0.3, 0.4) is 0 Å². The highest BCUT2D eigenvalue weighted by Gasteiger charge is 2.31. The second-order valence-corrected chi connectivity index (χ2v) is 7.57. The highest BCUT2D eigenvalue weighted by Crippen LogP contribution is 2.31. The van der Waals surface area contributed by atoms with Gasteiger partial charge in [0, 0.05) is 26.2 Å². The van der Waals surface area contributed by atoms with E-state index in [2.05, 4.69) is 20.9 Å². The van der Waals surface area contributed by atoms with Gasteiger partial charge in [-0.05, 0) is 31.2 Å². The molecule has 1 saturated heterocycles. The molecule has 1 aliphatic rings. The van der Waals surface area contributed by atoms with Gasteiger partial charge in [0.25, 0.3) is 0 Å². The molecule has 2 heterocycles. The van der Waals surface area contributed by atoms with E-state index >= 15 is 0 Å². The summed E-state index contributed by atoms with van der Waals surface area (Å²) in [6.45, 7) is 4.69. The van der Waals surface area contributed by atoms with Crippen molar-refractivity contribution in [3.8, 4) is 6.07 Å². The molecule has 1 unspecified atom stereocenters. The normalized spacial score (nSPS) is 14.9. The van der Waals surface area contributed by atoms with Gasteiger partial charge in [0.05, 0.1) is 34.4 Å². The maximum Gasteiger partial charge on any atom is 0.329 e. The van der Waals surface area contributed by atoms with Gasteiger partial charge in [0.15, 0.2) is 11.7 Å². The van der Waals surface area contributed by atoms with E-state index in [0.717, 1.165) is 24.3 Å². The van der Waals surface area contributed by atoms with Gasteiger partial charge in [-0.2, -0.15) is 5.26 Å². The SMILES string of the molecule is CCOC(=O)C(C#N)c1nc2ccccc2nc1N1CCN(c2ccccc2Cl)CC1. The zero-order chi connectivity index (χ0) is 21.8. The first-order chi connectivity index (χ1) is 15.1. The van der Waals surface area contributed by atoms with E-state index in [0.29, 0.717) is 35.1 Å². The third-order valence-corrected chi connectivity index (χ3v) is 5.59. The number of nitrogens with zero attached hydrogens (tertiary/aromatic N) is 5. The molecule has 1 aliphatic heterocycles. The monoisotopic (exact) mass is 435 g/mol. The minimum Gasteiger partial charge on any atom is -0.465 e. The number of halogens is 1. The standard InChI is InChI=1S/C23H22ClN5O2/c1-2-31-23(30)16(15-25)21-22(27-19-9-5-4-8-18(19)26-21)29-13-11-28(12-14-29)20-10-6-3-7-17(20)24/h3-10,16H,2,11-14H2,1H3. The number of hydrogen-bond acceptors (Lipinski definition) is 7. The van der Waals surface area contributed by atoms with Crippen LogP contribution >= 0.6 is 11.6 Å². The molecule has 0 amide bonds. The zero-order valence-corrected chi connectivity index (χ0v) is 17.9. The van der Waals surface area contributed by atoms with Crippen LogP contribution in [0.15, 0.2) is 48.5 Å². The molecule has 4 rings (SSSR count). The molecule has 1 atom stereocenters. The molecular formula is C23H22ClN5O2. The number of aromatic nitrogens is 2. The number of piperazine rings is 1. The summed E-state index contributed by atoms with van der Waals surface area (Å²) in [6.07, 6.45) is 0. The lowest BCUT2D eigenvalue weighted by Gasteiger charge is -2.37. The van der Waals surface area contributed by atoms with Crippen molar-refractivity contribution in [3.05, 3.63) is 59.2 Å². The molecule has 7 nitrogen and oxygen atoms in total. The summed E-state index contributed by atoms with van der Waals surface area (Å²) in [5, 5.41) is 10.4. The van der Waals surface area contributed by atoms with E-state index in [1.807, 2.05) is 48.5 Å². The lowest BCUT2D eigenvalue weighted by atomic mass is 10.1. The van der Waals surface area contributed by atoms with Crippen molar-refractivity contribution >= 4 is 40.1 Å². The molecule has 0 N–H and O–H groups in total. The average molecular weight is 436 g/mol. The second kappa shape index (κ2) is 9.19. The summed E-state index contributed by atoms with van der Waals surface area (Å²) in [6, 6.07) is 17.3. The molecule has 1 aromatic heterocycles. The van der Waals surface area contributed by atoms with E-state index in [1.54, 1.807) is 6.92 Å². The van der Waals surface area contributed by atoms with Crippen molar-refractivity contribution in [3.63, 3.8) is 0 Å². The lowest BCUT2D eigenvalue weighted by molar-refractivity contribution is -0.143. The van der Waals surface area contributed by atoms with Gasteiger partial charge in [-0.25, -0.2) is 9.97 Å². The largest absolute Gasteiger partial charge is 0.465 e. The van der Waals surface area contributed by atoms with Crippen molar-refractivity contribution in [1.29, 1.82) is 5.26 Å². The molecular weight excluding hydrogens is 414 g/mol. The van der Waals surface area contributed by atoms with Crippen LogP contribution < -0.4 is 9.80 Å². The third-order valence-electron chi connectivity index (χ3n) is 5.28. The molecule has 1 fully saturated rings. The quantitative estimate of drug-likeness (QED) is 0.564. The third kappa shape index (κ3) is 4.25. The smallest absolute Gasteiger partial charge is 0.329 e. The van der Waals surface area contributed by atoms with Crippen molar-refractivity contribution in [1.82, 2.24) is 9.97 Å². The van der Waals surface area contributed by atoms with Crippen LogP contribution in [0.4, 0.5) is 11.5 Å². The number of carbonyl (C=O) groups excluding carboxylic acids is 1. The predicted molar refractivity (Wildman–Crippen MR) is 120 cm³/mol. The summed E-state index contributed by atoms with van der Waals surface area (Å²) in [4.78, 5) is 26.2. The Labute approximate surface area is 185 Å². The maximum atomic E-state index is 12.5. The van der Waals surface area contributed by atoms with E-state index in [9.17, 15) is 10.1 Å². The Morgan fingerprint density at radius 3 is 2.32 bits per heavy atom.